The fourth-order valence-corrected chi connectivity index (χ4v) is 1.78. The molecule has 0 amide bonds. The number of nitrogens with two attached hydrogens (primary N) is 1. The van der Waals surface area contributed by atoms with Crippen molar-refractivity contribution in [2.45, 2.75) is 13.5 Å². The lowest BCUT2D eigenvalue weighted by molar-refractivity contribution is 1.15. The van der Waals surface area contributed by atoms with Gasteiger partial charge in [0, 0.05) is 22.9 Å². The number of rotatable bonds is 3. The Morgan fingerprint density at radius 3 is 2.71 bits per heavy atom. The topological polar surface area (TPSA) is 38.0 Å². The summed E-state index contributed by atoms with van der Waals surface area (Å²) in [5.74, 6) is 0. The van der Waals surface area contributed by atoms with E-state index in [1.807, 2.05) is 49.4 Å². The maximum atomic E-state index is 5.97. The van der Waals surface area contributed by atoms with E-state index in [0.717, 1.165) is 34.1 Å². The second-order valence-electron chi connectivity index (χ2n) is 4.06. The standard InChI is InChI=1S/C14H15ClN2/c1-10-7-13(5-6-14(10)15)17-9-11-3-2-4-12(16)8-11/h2-8,17H,9,16H2,1H3. The predicted octanol–water partition coefficient (Wildman–Crippen LogP) is 3.84. The van der Waals surface area contributed by atoms with Gasteiger partial charge in [0.25, 0.3) is 0 Å². The minimum Gasteiger partial charge on any atom is -0.399 e. The Bertz CT molecular complexity index is 523. The van der Waals surface area contributed by atoms with Gasteiger partial charge >= 0.3 is 0 Å². The molecular formula is C14H15ClN2. The van der Waals surface area contributed by atoms with Crippen molar-refractivity contribution < 1.29 is 0 Å². The summed E-state index contributed by atoms with van der Waals surface area (Å²) in [4.78, 5) is 0. The molecule has 0 radical (unpaired) electrons. The van der Waals surface area contributed by atoms with Gasteiger partial charge in [0.2, 0.25) is 0 Å². The van der Waals surface area contributed by atoms with Crippen molar-refractivity contribution >= 4 is 23.0 Å². The van der Waals surface area contributed by atoms with E-state index in [1.165, 1.54) is 0 Å². The summed E-state index contributed by atoms with van der Waals surface area (Å²) >= 11 is 5.97. The van der Waals surface area contributed by atoms with Gasteiger partial charge in [-0.1, -0.05) is 23.7 Å². The van der Waals surface area contributed by atoms with E-state index in [0.29, 0.717) is 0 Å². The van der Waals surface area contributed by atoms with Gasteiger partial charge in [-0.3, -0.25) is 0 Å². The molecule has 0 aliphatic carbocycles. The smallest absolute Gasteiger partial charge is 0.0436 e. The summed E-state index contributed by atoms with van der Waals surface area (Å²) < 4.78 is 0. The average Bonchev–Trinajstić information content (AvgIpc) is 2.31. The van der Waals surface area contributed by atoms with Crippen LogP contribution in [0.25, 0.3) is 0 Å². The van der Waals surface area contributed by atoms with Crippen LogP contribution in [0.1, 0.15) is 11.1 Å². The van der Waals surface area contributed by atoms with Crippen molar-refractivity contribution in [2.24, 2.45) is 0 Å². The summed E-state index contributed by atoms with van der Waals surface area (Å²) in [6, 6.07) is 13.8. The molecule has 88 valence electrons. The van der Waals surface area contributed by atoms with Gasteiger partial charge in [-0.2, -0.15) is 0 Å². The number of nitrogen functional groups attached to an aromatic ring is 1. The SMILES string of the molecule is Cc1cc(NCc2cccc(N)c2)ccc1Cl. The summed E-state index contributed by atoms with van der Waals surface area (Å²) in [6.45, 7) is 2.75. The molecule has 0 aliphatic heterocycles. The van der Waals surface area contributed by atoms with Crippen LogP contribution in [0.4, 0.5) is 11.4 Å². The largest absolute Gasteiger partial charge is 0.399 e. The second-order valence-corrected chi connectivity index (χ2v) is 4.47. The first kappa shape index (κ1) is 11.8. The molecule has 0 fully saturated rings. The maximum Gasteiger partial charge on any atom is 0.0436 e. The second kappa shape index (κ2) is 5.11. The van der Waals surface area contributed by atoms with Crippen molar-refractivity contribution in [3.63, 3.8) is 0 Å². The van der Waals surface area contributed by atoms with E-state index in [4.69, 9.17) is 17.3 Å². The van der Waals surface area contributed by atoms with Crippen molar-refractivity contribution in [1.82, 2.24) is 0 Å². The average molecular weight is 247 g/mol. The molecule has 0 aliphatic rings. The molecule has 2 nitrogen and oxygen atoms in total. The molecule has 0 atom stereocenters. The Balaban J connectivity index is 2.05. The third kappa shape index (κ3) is 3.14. The summed E-state index contributed by atoms with van der Waals surface area (Å²) in [5, 5.41) is 4.13. The Labute approximate surface area is 106 Å². The van der Waals surface area contributed by atoms with Gasteiger partial charge in [0.15, 0.2) is 0 Å². The van der Waals surface area contributed by atoms with E-state index in [1.54, 1.807) is 0 Å². The summed E-state index contributed by atoms with van der Waals surface area (Å²) in [7, 11) is 0. The lowest BCUT2D eigenvalue weighted by Crippen LogP contribution is -2.00. The van der Waals surface area contributed by atoms with Crippen LogP contribution in [0.2, 0.25) is 5.02 Å². The van der Waals surface area contributed by atoms with Crippen LogP contribution in [0.15, 0.2) is 42.5 Å². The van der Waals surface area contributed by atoms with E-state index in [-0.39, 0.29) is 0 Å². The molecule has 0 saturated carbocycles. The van der Waals surface area contributed by atoms with E-state index in [9.17, 15) is 0 Å². The molecular weight excluding hydrogens is 232 g/mol. The van der Waals surface area contributed by atoms with E-state index in [2.05, 4.69) is 5.32 Å². The molecule has 0 unspecified atom stereocenters. The van der Waals surface area contributed by atoms with Crippen LogP contribution in [0.5, 0.6) is 0 Å². The molecule has 0 spiro atoms. The van der Waals surface area contributed by atoms with E-state index >= 15 is 0 Å². The third-order valence-corrected chi connectivity index (χ3v) is 3.03. The lowest BCUT2D eigenvalue weighted by atomic mass is 10.2. The van der Waals surface area contributed by atoms with Gasteiger partial charge in [-0.05, 0) is 48.4 Å². The van der Waals surface area contributed by atoms with Crippen molar-refractivity contribution in [1.29, 1.82) is 0 Å². The molecule has 3 N–H and O–H groups in total. The normalized spacial score (nSPS) is 10.2. The summed E-state index contributed by atoms with van der Waals surface area (Å²) in [6.07, 6.45) is 0. The molecule has 0 bridgehead atoms. The van der Waals surface area contributed by atoms with Crippen LogP contribution in [-0.4, -0.2) is 0 Å². The minimum absolute atomic E-state index is 0.756. The van der Waals surface area contributed by atoms with Crippen molar-refractivity contribution in [3.8, 4) is 0 Å². The van der Waals surface area contributed by atoms with Crippen LogP contribution in [-0.2, 0) is 6.54 Å². The van der Waals surface area contributed by atoms with Gasteiger partial charge in [0.05, 0.1) is 0 Å². The molecule has 0 aromatic heterocycles. The number of benzene rings is 2. The third-order valence-electron chi connectivity index (χ3n) is 2.61. The van der Waals surface area contributed by atoms with Gasteiger partial charge in [-0.25, -0.2) is 0 Å². The maximum absolute atomic E-state index is 5.97. The molecule has 2 aromatic carbocycles. The highest BCUT2D eigenvalue weighted by molar-refractivity contribution is 6.31. The van der Waals surface area contributed by atoms with Crippen LogP contribution < -0.4 is 11.1 Å². The Morgan fingerprint density at radius 2 is 2.00 bits per heavy atom. The highest BCUT2D eigenvalue weighted by Crippen LogP contribution is 2.20. The van der Waals surface area contributed by atoms with Crippen LogP contribution in [0.3, 0.4) is 0 Å². The fourth-order valence-electron chi connectivity index (χ4n) is 1.66. The zero-order valence-corrected chi connectivity index (χ0v) is 10.5. The van der Waals surface area contributed by atoms with Gasteiger partial charge in [0.1, 0.15) is 0 Å². The number of halogens is 1. The first-order valence-electron chi connectivity index (χ1n) is 5.49. The van der Waals surface area contributed by atoms with Gasteiger partial charge in [-0.15, -0.1) is 0 Å². The Kier molecular flexibility index (Phi) is 3.55. The zero-order chi connectivity index (χ0) is 12.3. The van der Waals surface area contributed by atoms with Gasteiger partial charge < -0.3 is 11.1 Å². The number of nitrogens with one attached hydrogen (secondary N) is 1. The highest BCUT2D eigenvalue weighted by Gasteiger charge is 1.98. The lowest BCUT2D eigenvalue weighted by Gasteiger charge is -2.08. The van der Waals surface area contributed by atoms with E-state index < -0.39 is 0 Å². The molecule has 2 rings (SSSR count). The summed E-state index contributed by atoms with van der Waals surface area (Å²) in [5.41, 5.74) is 9.82. The Hall–Kier alpha value is -1.67. The quantitative estimate of drug-likeness (QED) is 0.808. The van der Waals surface area contributed by atoms with Crippen molar-refractivity contribution in [2.75, 3.05) is 11.1 Å². The molecule has 2 aromatic rings. The monoisotopic (exact) mass is 246 g/mol. The molecule has 3 heteroatoms. The fraction of sp³-hybridized carbons (Fsp3) is 0.143. The van der Waals surface area contributed by atoms with Crippen molar-refractivity contribution in [3.05, 3.63) is 58.6 Å². The van der Waals surface area contributed by atoms with Crippen LogP contribution in [0, 0.1) is 6.92 Å². The number of anilines is 2. The Morgan fingerprint density at radius 1 is 1.18 bits per heavy atom. The number of hydrogen-bond acceptors (Lipinski definition) is 2. The zero-order valence-electron chi connectivity index (χ0n) is 9.70. The minimum atomic E-state index is 0.756. The highest BCUT2D eigenvalue weighted by atomic mass is 35.5. The first-order valence-corrected chi connectivity index (χ1v) is 5.87. The molecule has 0 heterocycles. The van der Waals surface area contributed by atoms with Crippen LogP contribution >= 0.6 is 11.6 Å². The predicted molar refractivity (Wildman–Crippen MR) is 74.4 cm³/mol. The molecule has 17 heavy (non-hydrogen) atoms. The molecule has 0 saturated heterocycles. The number of hydrogen-bond donors (Lipinski definition) is 2. The number of aryl methyl sites for hydroxylation is 1. The first-order chi connectivity index (χ1) is 8.15.